The predicted molar refractivity (Wildman–Crippen MR) is 90.1 cm³/mol. The molecule has 9 heteroatoms. The Morgan fingerprint density at radius 1 is 1.17 bits per heavy atom. The number of likely N-dealkylation sites (tertiary alicyclic amines) is 1. The number of benzene rings is 1. The van der Waals surface area contributed by atoms with Gasteiger partial charge in [0, 0.05) is 30.8 Å². The number of hydrogen-bond acceptors (Lipinski definition) is 4. The van der Waals surface area contributed by atoms with Gasteiger partial charge in [0.1, 0.15) is 6.17 Å². The van der Waals surface area contributed by atoms with Crippen molar-refractivity contribution in [1.82, 2.24) is 10.2 Å². The van der Waals surface area contributed by atoms with Crippen LogP contribution >= 0.6 is 34.8 Å². The molecule has 1 saturated heterocycles. The number of carbonyl (C=O) groups excluding carboxylic acids is 1. The third-order valence-corrected chi connectivity index (χ3v) is 4.29. The van der Waals surface area contributed by atoms with Gasteiger partial charge in [0.05, 0.1) is 4.92 Å². The van der Waals surface area contributed by atoms with Gasteiger partial charge in [-0.3, -0.25) is 19.8 Å². The third-order valence-electron chi connectivity index (χ3n) is 3.67. The van der Waals surface area contributed by atoms with Gasteiger partial charge in [-0.05, 0) is 25.0 Å². The lowest BCUT2D eigenvalue weighted by Crippen LogP contribution is -2.56. The molecule has 1 amide bonds. The number of nitrogens with zero attached hydrogens (tertiary/aromatic N) is 2. The van der Waals surface area contributed by atoms with E-state index in [-0.39, 0.29) is 11.3 Å². The molecular formula is C14H16Cl3N3O3. The number of rotatable bonds is 4. The van der Waals surface area contributed by atoms with Crippen LogP contribution in [0.5, 0.6) is 0 Å². The number of piperidine rings is 1. The molecule has 1 aliphatic rings. The largest absolute Gasteiger partial charge is 0.332 e. The molecule has 1 heterocycles. The lowest BCUT2D eigenvalue weighted by Gasteiger charge is -2.38. The summed E-state index contributed by atoms with van der Waals surface area (Å²) in [6.07, 6.45) is 2.31. The van der Waals surface area contributed by atoms with Crippen LogP contribution in [0.15, 0.2) is 24.3 Å². The van der Waals surface area contributed by atoms with E-state index in [9.17, 15) is 14.9 Å². The van der Waals surface area contributed by atoms with Gasteiger partial charge in [0.2, 0.25) is 3.79 Å². The van der Waals surface area contributed by atoms with E-state index in [2.05, 4.69) is 5.32 Å². The molecule has 0 aliphatic carbocycles. The second-order valence-corrected chi connectivity index (χ2v) is 7.69. The van der Waals surface area contributed by atoms with E-state index in [1.54, 1.807) is 0 Å². The summed E-state index contributed by atoms with van der Waals surface area (Å²) in [6.45, 7) is 1.47. The van der Waals surface area contributed by atoms with Gasteiger partial charge in [-0.1, -0.05) is 41.2 Å². The zero-order valence-corrected chi connectivity index (χ0v) is 14.4. The van der Waals surface area contributed by atoms with Crippen LogP contribution in [-0.2, 0) is 0 Å². The van der Waals surface area contributed by atoms with E-state index < -0.39 is 20.8 Å². The van der Waals surface area contributed by atoms with Crippen molar-refractivity contribution in [3.63, 3.8) is 0 Å². The van der Waals surface area contributed by atoms with Crippen LogP contribution < -0.4 is 5.32 Å². The second-order valence-electron chi connectivity index (χ2n) is 5.32. The maximum absolute atomic E-state index is 12.3. The summed E-state index contributed by atoms with van der Waals surface area (Å²) in [5, 5.41) is 13.4. The molecule has 23 heavy (non-hydrogen) atoms. The van der Waals surface area contributed by atoms with E-state index in [0.717, 1.165) is 32.4 Å². The summed E-state index contributed by atoms with van der Waals surface area (Å²) in [7, 11) is 0. The van der Waals surface area contributed by atoms with Gasteiger partial charge >= 0.3 is 0 Å². The van der Waals surface area contributed by atoms with Crippen molar-refractivity contribution in [3.8, 4) is 0 Å². The molecule has 126 valence electrons. The Bertz CT molecular complexity index is 569. The van der Waals surface area contributed by atoms with Crippen molar-refractivity contribution in [2.24, 2.45) is 0 Å². The summed E-state index contributed by atoms with van der Waals surface area (Å²) >= 11 is 18.0. The SMILES string of the molecule is O=C(NC(N1CCCCC1)C(Cl)(Cl)Cl)c1ccc([N+](=O)[O-])cc1. The third kappa shape index (κ3) is 4.94. The number of amides is 1. The first-order valence-electron chi connectivity index (χ1n) is 7.15. The Morgan fingerprint density at radius 3 is 2.22 bits per heavy atom. The van der Waals surface area contributed by atoms with Crippen molar-refractivity contribution in [2.75, 3.05) is 13.1 Å². The fourth-order valence-corrected chi connectivity index (χ4v) is 3.08. The lowest BCUT2D eigenvalue weighted by molar-refractivity contribution is -0.384. The second kappa shape index (κ2) is 7.66. The molecule has 1 atom stereocenters. The molecule has 0 aromatic heterocycles. The minimum Gasteiger partial charge on any atom is -0.332 e. The molecule has 1 aromatic carbocycles. The molecule has 0 bridgehead atoms. The molecule has 2 rings (SSSR count). The molecule has 6 nitrogen and oxygen atoms in total. The lowest BCUT2D eigenvalue weighted by atomic mass is 10.1. The highest BCUT2D eigenvalue weighted by Gasteiger charge is 2.39. The number of nitro benzene ring substituents is 1. The minimum absolute atomic E-state index is 0.0875. The number of carbonyl (C=O) groups is 1. The van der Waals surface area contributed by atoms with E-state index >= 15 is 0 Å². The van der Waals surface area contributed by atoms with Crippen LogP contribution in [0.4, 0.5) is 5.69 Å². The Labute approximate surface area is 148 Å². The molecular weight excluding hydrogens is 365 g/mol. The first kappa shape index (κ1) is 18.3. The number of nitro groups is 1. The van der Waals surface area contributed by atoms with Gasteiger partial charge in [-0.2, -0.15) is 0 Å². The molecule has 0 saturated carbocycles. The van der Waals surface area contributed by atoms with Crippen LogP contribution in [0.2, 0.25) is 0 Å². The summed E-state index contributed by atoms with van der Waals surface area (Å²) in [6, 6.07) is 5.28. The van der Waals surface area contributed by atoms with E-state index in [1.165, 1.54) is 24.3 Å². The highest BCUT2D eigenvalue weighted by atomic mass is 35.6. The number of hydrogen-bond donors (Lipinski definition) is 1. The number of non-ortho nitro benzene ring substituents is 1. The summed E-state index contributed by atoms with van der Waals surface area (Å²) in [4.78, 5) is 24.4. The Balaban J connectivity index is 2.11. The van der Waals surface area contributed by atoms with Crippen molar-refractivity contribution < 1.29 is 9.72 Å². The molecule has 1 fully saturated rings. The van der Waals surface area contributed by atoms with Gasteiger partial charge in [0.25, 0.3) is 11.6 Å². The summed E-state index contributed by atoms with van der Waals surface area (Å²) < 4.78 is -1.67. The zero-order chi connectivity index (χ0) is 17.0. The average molecular weight is 381 g/mol. The fourth-order valence-electron chi connectivity index (χ4n) is 2.50. The van der Waals surface area contributed by atoms with E-state index in [4.69, 9.17) is 34.8 Å². The van der Waals surface area contributed by atoms with Crippen molar-refractivity contribution in [3.05, 3.63) is 39.9 Å². The number of nitrogens with one attached hydrogen (secondary N) is 1. The molecule has 0 spiro atoms. The average Bonchev–Trinajstić information content (AvgIpc) is 2.52. The Kier molecular flexibility index (Phi) is 6.08. The Morgan fingerprint density at radius 2 is 1.74 bits per heavy atom. The van der Waals surface area contributed by atoms with Crippen LogP contribution in [0.3, 0.4) is 0 Å². The summed E-state index contributed by atoms with van der Waals surface area (Å²) in [5.41, 5.74) is 0.183. The van der Waals surface area contributed by atoms with Crippen LogP contribution in [0.25, 0.3) is 0 Å². The van der Waals surface area contributed by atoms with Crippen LogP contribution in [0.1, 0.15) is 29.6 Å². The monoisotopic (exact) mass is 379 g/mol. The quantitative estimate of drug-likeness (QED) is 0.493. The zero-order valence-electron chi connectivity index (χ0n) is 12.2. The first-order chi connectivity index (χ1) is 10.8. The number of alkyl halides is 3. The first-order valence-corrected chi connectivity index (χ1v) is 8.28. The maximum atomic E-state index is 12.3. The topological polar surface area (TPSA) is 75.5 Å². The van der Waals surface area contributed by atoms with E-state index in [0.29, 0.717) is 0 Å². The molecule has 0 radical (unpaired) electrons. The molecule has 1 unspecified atom stereocenters. The Hall–Kier alpha value is -1.08. The molecule has 1 N–H and O–H groups in total. The van der Waals surface area contributed by atoms with E-state index in [1.807, 2.05) is 4.90 Å². The minimum atomic E-state index is -1.67. The highest BCUT2D eigenvalue weighted by molar-refractivity contribution is 6.68. The van der Waals surface area contributed by atoms with Crippen molar-refractivity contribution in [1.29, 1.82) is 0 Å². The van der Waals surface area contributed by atoms with Gasteiger partial charge < -0.3 is 5.32 Å². The van der Waals surface area contributed by atoms with Gasteiger partial charge in [-0.25, -0.2) is 0 Å². The molecule has 1 aliphatic heterocycles. The number of halogens is 3. The predicted octanol–water partition coefficient (Wildman–Crippen LogP) is 3.51. The smallest absolute Gasteiger partial charge is 0.269 e. The van der Waals surface area contributed by atoms with Crippen molar-refractivity contribution >= 4 is 46.4 Å². The van der Waals surface area contributed by atoms with Gasteiger partial charge in [0.15, 0.2) is 0 Å². The van der Waals surface area contributed by atoms with Crippen molar-refractivity contribution in [2.45, 2.75) is 29.2 Å². The normalized spacial score (nSPS) is 17.5. The standard InChI is InChI=1S/C14H16Cl3N3O3/c15-14(16,17)13(19-8-2-1-3-9-19)18-12(21)10-4-6-11(7-5-10)20(22)23/h4-7,13H,1-3,8-9H2,(H,18,21). The maximum Gasteiger partial charge on any atom is 0.269 e. The van der Waals surface area contributed by atoms with Crippen LogP contribution in [0, 0.1) is 10.1 Å². The van der Waals surface area contributed by atoms with Crippen LogP contribution in [-0.4, -0.2) is 38.8 Å². The fraction of sp³-hybridized carbons (Fsp3) is 0.500. The molecule has 1 aromatic rings. The highest BCUT2D eigenvalue weighted by Crippen LogP contribution is 2.33. The van der Waals surface area contributed by atoms with Gasteiger partial charge in [-0.15, -0.1) is 0 Å². The summed E-state index contributed by atoms with van der Waals surface area (Å²) in [5.74, 6) is -0.443.